The molecule has 0 saturated carbocycles. The number of hydrogen-bond donors (Lipinski definition) is 1. The number of imidazole rings is 1. The topological polar surface area (TPSA) is 67.5 Å². The molecule has 1 fully saturated rings. The van der Waals surface area contributed by atoms with Gasteiger partial charge in [-0.05, 0) is 19.1 Å². The fraction of sp³-hybridized carbons (Fsp3) is 0.412. The van der Waals surface area contributed by atoms with E-state index in [1.165, 1.54) is 6.07 Å². The first-order chi connectivity index (χ1) is 11.6. The molecule has 1 aliphatic heterocycles. The quantitative estimate of drug-likeness (QED) is 0.911. The molecule has 1 saturated heterocycles. The van der Waals surface area contributed by atoms with E-state index in [0.29, 0.717) is 19.7 Å². The maximum atomic E-state index is 13.5. The van der Waals surface area contributed by atoms with Crippen LogP contribution >= 0.6 is 0 Å². The van der Waals surface area contributed by atoms with E-state index in [1.54, 1.807) is 29.3 Å². The number of ether oxygens (including phenoxy) is 2. The van der Waals surface area contributed by atoms with Crippen molar-refractivity contribution in [1.82, 2.24) is 14.9 Å². The molecule has 0 radical (unpaired) electrons. The Kier molecular flexibility index (Phi) is 5.10. The maximum absolute atomic E-state index is 13.5. The first kappa shape index (κ1) is 16.4. The summed E-state index contributed by atoms with van der Waals surface area (Å²) in [5.41, 5.74) is 0.954. The standard InChI is InChI=1S/C17H20FN3O3/c1-12-10-19-17(20-12)15-11-21(7-9-24-15)16(22)6-8-23-14-5-3-2-4-13(14)18/h2-5,10,15H,6-9,11H2,1H3,(H,19,20)/t15-/m0/s1. The minimum atomic E-state index is -0.426. The molecule has 128 valence electrons. The van der Waals surface area contributed by atoms with Crippen LogP contribution in [0.15, 0.2) is 30.5 Å². The van der Waals surface area contributed by atoms with Gasteiger partial charge in [-0.2, -0.15) is 0 Å². The van der Waals surface area contributed by atoms with Gasteiger partial charge in [0.05, 0.1) is 26.2 Å². The zero-order chi connectivity index (χ0) is 16.9. The van der Waals surface area contributed by atoms with E-state index in [4.69, 9.17) is 9.47 Å². The molecule has 0 bridgehead atoms. The summed E-state index contributed by atoms with van der Waals surface area (Å²) < 4.78 is 24.5. The van der Waals surface area contributed by atoms with Crippen LogP contribution in [0.3, 0.4) is 0 Å². The van der Waals surface area contributed by atoms with Crippen molar-refractivity contribution in [1.29, 1.82) is 0 Å². The molecule has 1 amide bonds. The number of carbonyl (C=O) groups excluding carboxylic acids is 1. The van der Waals surface area contributed by atoms with Gasteiger partial charge in [-0.3, -0.25) is 4.79 Å². The van der Waals surface area contributed by atoms with E-state index in [0.717, 1.165) is 11.5 Å². The number of benzene rings is 1. The Balaban J connectivity index is 1.50. The SMILES string of the molecule is Cc1cnc([C@@H]2CN(C(=O)CCOc3ccccc3F)CCO2)[nH]1. The second-order valence-corrected chi connectivity index (χ2v) is 5.68. The van der Waals surface area contributed by atoms with E-state index in [1.807, 2.05) is 6.92 Å². The molecule has 0 aliphatic carbocycles. The first-order valence-corrected chi connectivity index (χ1v) is 7.91. The molecule has 2 heterocycles. The molecule has 7 heteroatoms. The third-order valence-corrected chi connectivity index (χ3v) is 3.86. The van der Waals surface area contributed by atoms with Gasteiger partial charge in [0.1, 0.15) is 11.9 Å². The summed E-state index contributed by atoms with van der Waals surface area (Å²) in [4.78, 5) is 21.4. The van der Waals surface area contributed by atoms with Crippen LogP contribution in [-0.2, 0) is 9.53 Å². The van der Waals surface area contributed by atoms with Crippen LogP contribution in [0.5, 0.6) is 5.75 Å². The van der Waals surface area contributed by atoms with E-state index in [-0.39, 0.29) is 30.8 Å². The van der Waals surface area contributed by atoms with Gasteiger partial charge in [-0.15, -0.1) is 0 Å². The van der Waals surface area contributed by atoms with Gasteiger partial charge in [-0.25, -0.2) is 9.37 Å². The zero-order valence-corrected chi connectivity index (χ0v) is 13.5. The van der Waals surface area contributed by atoms with Crippen molar-refractivity contribution >= 4 is 5.91 Å². The number of aromatic amines is 1. The molecule has 1 N–H and O–H groups in total. The van der Waals surface area contributed by atoms with Gasteiger partial charge < -0.3 is 19.4 Å². The number of hydrogen-bond acceptors (Lipinski definition) is 4. The third kappa shape index (κ3) is 3.91. The molecule has 1 aromatic heterocycles. The molecule has 1 aliphatic rings. The lowest BCUT2D eigenvalue weighted by Crippen LogP contribution is -2.42. The van der Waals surface area contributed by atoms with E-state index in [2.05, 4.69) is 9.97 Å². The van der Waals surface area contributed by atoms with Crippen molar-refractivity contribution in [2.24, 2.45) is 0 Å². The van der Waals surface area contributed by atoms with Crippen LogP contribution in [-0.4, -0.2) is 47.1 Å². The van der Waals surface area contributed by atoms with Crippen LogP contribution in [0, 0.1) is 12.7 Å². The molecule has 6 nitrogen and oxygen atoms in total. The van der Waals surface area contributed by atoms with E-state index in [9.17, 15) is 9.18 Å². The molecular formula is C17H20FN3O3. The molecule has 24 heavy (non-hydrogen) atoms. The summed E-state index contributed by atoms with van der Waals surface area (Å²) in [6.07, 6.45) is 1.68. The highest BCUT2D eigenvalue weighted by atomic mass is 19.1. The number of para-hydroxylation sites is 1. The summed E-state index contributed by atoms with van der Waals surface area (Å²) in [6, 6.07) is 6.16. The van der Waals surface area contributed by atoms with Crippen molar-refractivity contribution in [2.45, 2.75) is 19.4 Å². The molecule has 1 atom stereocenters. The van der Waals surface area contributed by atoms with E-state index < -0.39 is 5.82 Å². The minimum absolute atomic E-state index is 0.0390. The fourth-order valence-corrected chi connectivity index (χ4v) is 2.61. The normalized spacial score (nSPS) is 17.8. The minimum Gasteiger partial charge on any atom is -0.490 e. The summed E-state index contributed by atoms with van der Waals surface area (Å²) in [7, 11) is 0. The zero-order valence-electron chi connectivity index (χ0n) is 13.5. The largest absolute Gasteiger partial charge is 0.490 e. The fourth-order valence-electron chi connectivity index (χ4n) is 2.61. The Hall–Kier alpha value is -2.41. The first-order valence-electron chi connectivity index (χ1n) is 7.91. The summed E-state index contributed by atoms with van der Waals surface area (Å²) in [6.45, 7) is 3.51. The molecule has 1 aromatic carbocycles. The number of carbonyl (C=O) groups is 1. The number of morpholine rings is 1. The van der Waals surface area contributed by atoms with Gasteiger partial charge in [-0.1, -0.05) is 12.1 Å². The number of rotatable bonds is 5. The lowest BCUT2D eigenvalue weighted by Gasteiger charge is -2.32. The molecular weight excluding hydrogens is 313 g/mol. The monoisotopic (exact) mass is 333 g/mol. The number of halogens is 1. The summed E-state index contributed by atoms with van der Waals surface area (Å²) >= 11 is 0. The van der Waals surface area contributed by atoms with Gasteiger partial charge in [0.15, 0.2) is 11.6 Å². The highest BCUT2D eigenvalue weighted by Crippen LogP contribution is 2.20. The number of nitrogens with zero attached hydrogens (tertiary/aromatic N) is 2. The number of nitrogens with one attached hydrogen (secondary N) is 1. The lowest BCUT2D eigenvalue weighted by molar-refractivity contribution is -0.139. The Morgan fingerprint density at radius 3 is 3.08 bits per heavy atom. The third-order valence-electron chi connectivity index (χ3n) is 3.86. The van der Waals surface area contributed by atoms with Crippen LogP contribution in [0.1, 0.15) is 24.0 Å². The number of aryl methyl sites for hydroxylation is 1. The van der Waals surface area contributed by atoms with Crippen LogP contribution in [0.25, 0.3) is 0 Å². The van der Waals surface area contributed by atoms with Crippen LogP contribution in [0.2, 0.25) is 0 Å². The van der Waals surface area contributed by atoms with Crippen LogP contribution < -0.4 is 4.74 Å². The second kappa shape index (κ2) is 7.44. The van der Waals surface area contributed by atoms with Gasteiger partial charge in [0.2, 0.25) is 5.91 Å². The predicted octanol–water partition coefficient (Wildman–Crippen LogP) is 2.23. The predicted molar refractivity (Wildman–Crippen MR) is 85.1 cm³/mol. The Bertz CT molecular complexity index is 704. The highest BCUT2D eigenvalue weighted by molar-refractivity contribution is 5.76. The smallest absolute Gasteiger partial charge is 0.226 e. The Labute approximate surface area is 139 Å². The van der Waals surface area contributed by atoms with Crippen molar-refractivity contribution in [2.75, 3.05) is 26.3 Å². The molecule has 3 rings (SSSR count). The molecule has 0 spiro atoms. The summed E-state index contributed by atoms with van der Waals surface area (Å²) in [5.74, 6) is 0.427. The van der Waals surface area contributed by atoms with E-state index >= 15 is 0 Å². The average Bonchev–Trinajstić information content (AvgIpc) is 3.03. The van der Waals surface area contributed by atoms with Gasteiger partial charge >= 0.3 is 0 Å². The lowest BCUT2D eigenvalue weighted by atomic mass is 10.2. The van der Waals surface area contributed by atoms with Crippen molar-refractivity contribution in [3.05, 3.63) is 47.8 Å². The van der Waals surface area contributed by atoms with Gasteiger partial charge in [0.25, 0.3) is 0 Å². The Morgan fingerprint density at radius 1 is 1.50 bits per heavy atom. The average molecular weight is 333 g/mol. The summed E-state index contributed by atoms with van der Waals surface area (Å²) in [5, 5.41) is 0. The number of H-pyrrole nitrogens is 1. The second-order valence-electron chi connectivity index (χ2n) is 5.68. The highest BCUT2D eigenvalue weighted by Gasteiger charge is 2.26. The molecule has 2 aromatic rings. The Morgan fingerprint density at radius 2 is 2.33 bits per heavy atom. The van der Waals surface area contributed by atoms with Crippen molar-refractivity contribution in [3.63, 3.8) is 0 Å². The molecule has 0 unspecified atom stereocenters. The number of amides is 1. The van der Waals surface area contributed by atoms with Crippen molar-refractivity contribution in [3.8, 4) is 5.75 Å². The van der Waals surface area contributed by atoms with Gasteiger partial charge in [0, 0.05) is 18.4 Å². The number of aromatic nitrogens is 2. The van der Waals surface area contributed by atoms with Crippen molar-refractivity contribution < 1.29 is 18.7 Å². The maximum Gasteiger partial charge on any atom is 0.226 e. The van der Waals surface area contributed by atoms with Crippen LogP contribution in [0.4, 0.5) is 4.39 Å².